The third-order valence-electron chi connectivity index (χ3n) is 5.04. The van der Waals surface area contributed by atoms with Gasteiger partial charge in [0.15, 0.2) is 0 Å². The summed E-state index contributed by atoms with van der Waals surface area (Å²) in [4.78, 5) is 30.7. The number of carbonyl (C=O) groups is 2. The number of hydrogen-bond donors (Lipinski definition) is 2. The molecule has 2 saturated heterocycles. The summed E-state index contributed by atoms with van der Waals surface area (Å²) in [6, 6.07) is 7.78. The van der Waals surface area contributed by atoms with Crippen molar-refractivity contribution in [1.29, 1.82) is 0 Å². The highest BCUT2D eigenvalue weighted by Crippen LogP contribution is 2.12. The Morgan fingerprint density at radius 2 is 1.74 bits per heavy atom. The van der Waals surface area contributed by atoms with Crippen LogP contribution >= 0.6 is 12.4 Å². The number of rotatable bonds is 4. The van der Waals surface area contributed by atoms with E-state index in [0.29, 0.717) is 19.5 Å². The number of nitrogens with zero attached hydrogens (tertiary/aromatic N) is 3. The van der Waals surface area contributed by atoms with Gasteiger partial charge < -0.3 is 20.4 Å². The van der Waals surface area contributed by atoms with E-state index in [-0.39, 0.29) is 24.3 Å². The third-order valence-corrected chi connectivity index (χ3v) is 5.04. The average molecular weight is 396 g/mol. The van der Waals surface area contributed by atoms with E-state index in [2.05, 4.69) is 15.5 Å². The van der Waals surface area contributed by atoms with Crippen LogP contribution in [0.4, 0.5) is 10.5 Å². The van der Waals surface area contributed by atoms with Gasteiger partial charge in [-0.3, -0.25) is 9.69 Å². The molecule has 3 rings (SSSR count). The van der Waals surface area contributed by atoms with Crippen molar-refractivity contribution in [3.8, 4) is 0 Å². The van der Waals surface area contributed by atoms with Gasteiger partial charge in [0.1, 0.15) is 0 Å². The fourth-order valence-corrected chi connectivity index (χ4v) is 3.43. The highest BCUT2D eigenvalue weighted by molar-refractivity contribution is 5.89. The minimum Gasteiger partial charge on any atom is -0.340 e. The Bertz CT molecular complexity index is 628. The first-order valence-electron chi connectivity index (χ1n) is 9.45. The van der Waals surface area contributed by atoms with Crippen LogP contribution in [0.5, 0.6) is 0 Å². The minimum atomic E-state index is -0.0489. The van der Waals surface area contributed by atoms with Gasteiger partial charge in [0, 0.05) is 71.0 Å². The number of halogens is 1. The van der Waals surface area contributed by atoms with Crippen molar-refractivity contribution in [2.75, 3.05) is 64.2 Å². The number of amides is 3. The molecule has 0 atom stereocenters. The Balaban J connectivity index is 0.00000261. The van der Waals surface area contributed by atoms with E-state index in [4.69, 9.17) is 0 Å². The fourth-order valence-electron chi connectivity index (χ4n) is 3.43. The van der Waals surface area contributed by atoms with E-state index in [1.54, 1.807) is 0 Å². The number of urea groups is 1. The molecule has 3 amide bonds. The summed E-state index contributed by atoms with van der Waals surface area (Å²) in [5.41, 5.74) is 1.96. The van der Waals surface area contributed by atoms with E-state index in [9.17, 15) is 9.59 Å². The van der Waals surface area contributed by atoms with Crippen LogP contribution < -0.4 is 10.6 Å². The summed E-state index contributed by atoms with van der Waals surface area (Å²) in [7, 11) is 0. The van der Waals surface area contributed by atoms with Gasteiger partial charge in [-0.05, 0) is 24.6 Å². The predicted octanol–water partition coefficient (Wildman–Crippen LogP) is 1.39. The summed E-state index contributed by atoms with van der Waals surface area (Å²) in [5.74, 6) is 0.242. The highest BCUT2D eigenvalue weighted by Gasteiger charge is 2.22. The van der Waals surface area contributed by atoms with Crippen LogP contribution in [0.15, 0.2) is 24.3 Å². The van der Waals surface area contributed by atoms with E-state index < -0.39 is 0 Å². The maximum absolute atomic E-state index is 12.4. The zero-order valence-corrected chi connectivity index (χ0v) is 16.8. The molecule has 0 radical (unpaired) electrons. The first-order valence-corrected chi connectivity index (χ1v) is 9.45. The quantitative estimate of drug-likeness (QED) is 0.808. The molecule has 2 N–H and O–H groups in total. The van der Waals surface area contributed by atoms with Crippen LogP contribution in [0.3, 0.4) is 0 Å². The first-order chi connectivity index (χ1) is 12.6. The van der Waals surface area contributed by atoms with Gasteiger partial charge in [0.2, 0.25) is 5.91 Å². The molecule has 150 valence electrons. The lowest BCUT2D eigenvalue weighted by molar-refractivity contribution is -0.132. The molecule has 0 aliphatic carbocycles. The topological polar surface area (TPSA) is 67.9 Å². The Labute approximate surface area is 167 Å². The molecule has 0 spiro atoms. The number of hydrogen-bond acceptors (Lipinski definition) is 4. The standard InChI is InChI=1S/C19H29N5O2.ClH/c1-16-3-2-4-17(15-16)21-19(26)24-13-11-22(12-14-24)8-5-18(25)23-9-6-20-7-10-23;/h2-4,15,20H,5-14H2,1H3,(H,21,26);1H. The minimum absolute atomic E-state index is 0. The summed E-state index contributed by atoms with van der Waals surface area (Å²) >= 11 is 0. The summed E-state index contributed by atoms with van der Waals surface area (Å²) in [6.45, 7) is 9.20. The fraction of sp³-hybridized carbons (Fsp3) is 0.579. The van der Waals surface area contributed by atoms with Gasteiger partial charge in [-0.2, -0.15) is 0 Å². The lowest BCUT2D eigenvalue weighted by Gasteiger charge is -2.35. The van der Waals surface area contributed by atoms with Crippen molar-refractivity contribution in [2.24, 2.45) is 0 Å². The second-order valence-corrected chi connectivity index (χ2v) is 7.01. The second-order valence-electron chi connectivity index (χ2n) is 7.01. The normalized spacial score (nSPS) is 18.0. The molecule has 0 unspecified atom stereocenters. The van der Waals surface area contributed by atoms with Gasteiger partial charge in [-0.25, -0.2) is 4.79 Å². The lowest BCUT2D eigenvalue weighted by Crippen LogP contribution is -2.51. The molecule has 2 aliphatic heterocycles. The summed E-state index contributed by atoms with van der Waals surface area (Å²) < 4.78 is 0. The molecule has 0 aromatic heterocycles. The van der Waals surface area contributed by atoms with Crippen LogP contribution in [-0.4, -0.2) is 85.5 Å². The smallest absolute Gasteiger partial charge is 0.321 e. The van der Waals surface area contributed by atoms with Crippen molar-refractivity contribution < 1.29 is 9.59 Å². The zero-order valence-electron chi connectivity index (χ0n) is 15.9. The molecular formula is C19H30ClN5O2. The number of nitrogens with one attached hydrogen (secondary N) is 2. The molecule has 2 aliphatic rings. The van der Waals surface area contributed by atoms with Crippen LogP contribution in [0.1, 0.15) is 12.0 Å². The van der Waals surface area contributed by atoms with E-state index in [1.165, 1.54) is 0 Å². The van der Waals surface area contributed by atoms with Crippen LogP contribution in [0.2, 0.25) is 0 Å². The molecule has 7 nitrogen and oxygen atoms in total. The maximum atomic E-state index is 12.4. The van der Waals surface area contributed by atoms with Gasteiger partial charge in [0.25, 0.3) is 0 Å². The van der Waals surface area contributed by atoms with Gasteiger partial charge in [-0.1, -0.05) is 12.1 Å². The number of anilines is 1. The van der Waals surface area contributed by atoms with Crippen molar-refractivity contribution in [2.45, 2.75) is 13.3 Å². The lowest BCUT2D eigenvalue weighted by atomic mass is 10.2. The Morgan fingerprint density at radius 1 is 1.04 bits per heavy atom. The molecule has 8 heteroatoms. The largest absolute Gasteiger partial charge is 0.340 e. The van der Waals surface area contributed by atoms with Crippen molar-refractivity contribution in [3.63, 3.8) is 0 Å². The molecule has 0 bridgehead atoms. The Hall–Kier alpha value is -1.83. The van der Waals surface area contributed by atoms with E-state index in [0.717, 1.165) is 57.1 Å². The molecule has 2 fully saturated rings. The second kappa shape index (κ2) is 10.5. The third kappa shape index (κ3) is 6.37. The molecule has 2 heterocycles. The number of benzene rings is 1. The molecule has 27 heavy (non-hydrogen) atoms. The number of aryl methyl sites for hydroxylation is 1. The Morgan fingerprint density at radius 3 is 2.41 bits per heavy atom. The monoisotopic (exact) mass is 395 g/mol. The van der Waals surface area contributed by atoms with Crippen LogP contribution in [0.25, 0.3) is 0 Å². The van der Waals surface area contributed by atoms with Crippen molar-refractivity contribution in [3.05, 3.63) is 29.8 Å². The van der Waals surface area contributed by atoms with Gasteiger partial charge in [-0.15, -0.1) is 12.4 Å². The van der Waals surface area contributed by atoms with Crippen molar-refractivity contribution >= 4 is 30.0 Å². The van der Waals surface area contributed by atoms with Crippen molar-refractivity contribution in [1.82, 2.24) is 20.0 Å². The molecule has 1 aromatic carbocycles. The predicted molar refractivity (Wildman–Crippen MR) is 110 cm³/mol. The zero-order chi connectivity index (χ0) is 18.4. The first kappa shape index (κ1) is 21.5. The van der Waals surface area contributed by atoms with Gasteiger partial charge in [0.05, 0.1) is 0 Å². The Kier molecular flexibility index (Phi) is 8.34. The number of carbonyl (C=O) groups excluding carboxylic acids is 2. The van der Waals surface area contributed by atoms with Crippen LogP contribution in [0, 0.1) is 6.92 Å². The molecule has 0 saturated carbocycles. The number of piperazine rings is 2. The van der Waals surface area contributed by atoms with E-state index in [1.807, 2.05) is 41.0 Å². The van der Waals surface area contributed by atoms with Crippen LogP contribution in [-0.2, 0) is 4.79 Å². The van der Waals surface area contributed by atoms with E-state index >= 15 is 0 Å². The maximum Gasteiger partial charge on any atom is 0.321 e. The molecular weight excluding hydrogens is 366 g/mol. The SMILES string of the molecule is Cc1cccc(NC(=O)N2CCN(CCC(=O)N3CCNCC3)CC2)c1.Cl. The summed E-state index contributed by atoms with van der Waals surface area (Å²) in [6.07, 6.45) is 0.565. The molecule has 1 aromatic rings. The van der Waals surface area contributed by atoms with Gasteiger partial charge >= 0.3 is 6.03 Å². The highest BCUT2D eigenvalue weighted by atomic mass is 35.5. The summed E-state index contributed by atoms with van der Waals surface area (Å²) in [5, 5.41) is 6.23. The average Bonchev–Trinajstić information content (AvgIpc) is 2.67.